The molecule has 0 atom stereocenters. The van der Waals surface area contributed by atoms with Crippen LogP contribution in [0.15, 0.2) is 48.5 Å². The summed E-state index contributed by atoms with van der Waals surface area (Å²) in [7, 11) is 0. The highest BCUT2D eigenvalue weighted by atomic mass is 16.2. The number of urea groups is 1. The van der Waals surface area contributed by atoms with E-state index in [9.17, 15) is 4.79 Å². The lowest BCUT2D eigenvalue weighted by Crippen LogP contribution is -3.15. The van der Waals surface area contributed by atoms with Crippen molar-refractivity contribution in [3.63, 3.8) is 0 Å². The molecule has 1 aliphatic rings. The number of carbonyl (C=O) groups is 1. The molecule has 0 saturated carbocycles. The van der Waals surface area contributed by atoms with Gasteiger partial charge in [-0.2, -0.15) is 0 Å². The molecule has 4 nitrogen and oxygen atoms in total. The van der Waals surface area contributed by atoms with Crippen molar-refractivity contribution in [2.45, 2.75) is 20.3 Å². The third-order valence-corrected chi connectivity index (χ3v) is 5.13. The minimum absolute atomic E-state index is 0.0189. The summed E-state index contributed by atoms with van der Waals surface area (Å²) in [5.41, 5.74) is 4.72. The van der Waals surface area contributed by atoms with E-state index in [4.69, 9.17) is 0 Å². The third-order valence-electron chi connectivity index (χ3n) is 5.13. The number of quaternary nitrogens is 1. The molecular formula is C21H28N3O+. The van der Waals surface area contributed by atoms with E-state index in [2.05, 4.69) is 55.6 Å². The van der Waals surface area contributed by atoms with E-state index < -0.39 is 0 Å². The van der Waals surface area contributed by atoms with Crippen LogP contribution >= 0.6 is 0 Å². The van der Waals surface area contributed by atoms with Crippen molar-refractivity contribution in [1.29, 1.82) is 0 Å². The molecule has 25 heavy (non-hydrogen) atoms. The number of carbonyl (C=O) groups excluding carboxylic acids is 1. The molecule has 1 heterocycles. The molecule has 132 valence electrons. The van der Waals surface area contributed by atoms with Crippen LogP contribution in [0, 0.1) is 13.8 Å². The molecular weight excluding hydrogens is 310 g/mol. The summed E-state index contributed by atoms with van der Waals surface area (Å²) < 4.78 is 0. The zero-order valence-electron chi connectivity index (χ0n) is 15.2. The molecule has 0 unspecified atom stereocenters. The number of amides is 2. The molecule has 1 saturated heterocycles. The van der Waals surface area contributed by atoms with E-state index in [1.165, 1.54) is 16.7 Å². The SMILES string of the molecule is Cc1ccc(NC(=O)N2CC[NH+](CCc3ccccc3)CC2)cc1C. The van der Waals surface area contributed by atoms with Gasteiger partial charge in [0, 0.05) is 12.1 Å². The first-order valence-electron chi connectivity index (χ1n) is 9.12. The summed E-state index contributed by atoms with van der Waals surface area (Å²) in [5.74, 6) is 0. The average Bonchev–Trinajstić information content (AvgIpc) is 2.64. The van der Waals surface area contributed by atoms with Gasteiger partial charge in [0.25, 0.3) is 0 Å². The van der Waals surface area contributed by atoms with Gasteiger partial charge in [0.05, 0.1) is 32.7 Å². The number of hydrogen-bond donors (Lipinski definition) is 2. The van der Waals surface area contributed by atoms with Gasteiger partial charge < -0.3 is 15.1 Å². The van der Waals surface area contributed by atoms with E-state index in [0.717, 1.165) is 44.8 Å². The Balaban J connectivity index is 1.45. The highest BCUT2D eigenvalue weighted by Crippen LogP contribution is 2.14. The highest BCUT2D eigenvalue weighted by molar-refractivity contribution is 5.89. The molecule has 0 bridgehead atoms. The zero-order valence-corrected chi connectivity index (χ0v) is 15.2. The van der Waals surface area contributed by atoms with Crippen molar-refractivity contribution in [3.8, 4) is 0 Å². The first-order valence-corrected chi connectivity index (χ1v) is 9.12. The van der Waals surface area contributed by atoms with Crippen LogP contribution in [0.2, 0.25) is 0 Å². The van der Waals surface area contributed by atoms with Crippen LogP contribution in [0.3, 0.4) is 0 Å². The van der Waals surface area contributed by atoms with E-state index in [1.807, 2.05) is 17.0 Å². The molecule has 2 amide bonds. The number of anilines is 1. The molecule has 1 aliphatic heterocycles. The first-order chi connectivity index (χ1) is 12.1. The smallest absolute Gasteiger partial charge is 0.322 e. The molecule has 0 radical (unpaired) electrons. The number of benzene rings is 2. The maximum atomic E-state index is 12.5. The Bertz CT molecular complexity index is 706. The van der Waals surface area contributed by atoms with Crippen molar-refractivity contribution in [2.75, 3.05) is 38.0 Å². The normalized spacial score (nSPS) is 15.2. The van der Waals surface area contributed by atoms with Gasteiger partial charge in [0.1, 0.15) is 0 Å². The second-order valence-electron chi connectivity index (χ2n) is 6.95. The van der Waals surface area contributed by atoms with E-state index >= 15 is 0 Å². The summed E-state index contributed by atoms with van der Waals surface area (Å²) in [6.07, 6.45) is 1.10. The molecule has 2 aromatic rings. The Hall–Kier alpha value is -2.33. The van der Waals surface area contributed by atoms with Gasteiger partial charge in [-0.25, -0.2) is 4.79 Å². The van der Waals surface area contributed by atoms with Gasteiger partial charge >= 0.3 is 6.03 Å². The number of rotatable bonds is 4. The topological polar surface area (TPSA) is 36.8 Å². The fourth-order valence-electron chi connectivity index (χ4n) is 3.26. The average molecular weight is 338 g/mol. The largest absolute Gasteiger partial charge is 0.332 e. The van der Waals surface area contributed by atoms with E-state index in [0.29, 0.717) is 0 Å². The van der Waals surface area contributed by atoms with Crippen LogP contribution in [0.5, 0.6) is 0 Å². The predicted molar refractivity (Wildman–Crippen MR) is 102 cm³/mol. The van der Waals surface area contributed by atoms with Crippen LogP contribution in [0.4, 0.5) is 10.5 Å². The highest BCUT2D eigenvalue weighted by Gasteiger charge is 2.23. The number of hydrogen-bond acceptors (Lipinski definition) is 1. The fourth-order valence-corrected chi connectivity index (χ4v) is 3.26. The van der Waals surface area contributed by atoms with E-state index in [-0.39, 0.29) is 6.03 Å². The minimum atomic E-state index is 0.0189. The molecule has 3 rings (SSSR count). The third kappa shape index (κ3) is 4.83. The predicted octanol–water partition coefficient (Wildman–Crippen LogP) is 2.28. The van der Waals surface area contributed by atoms with Crippen molar-refractivity contribution in [1.82, 2.24) is 4.90 Å². The summed E-state index contributed by atoms with van der Waals surface area (Å²) in [4.78, 5) is 16.0. The van der Waals surface area contributed by atoms with Crippen molar-refractivity contribution < 1.29 is 9.69 Å². The van der Waals surface area contributed by atoms with Crippen LogP contribution in [-0.2, 0) is 6.42 Å². The molecule has 4 heteroatoms. The summed E-state index contributed by atoms with van der Waals surface area (Å²) in [5, 5.41) is 3.03. The minimum Gasteiger partial charge on any atom is -0.332 e. The van der Waals surface area contributed by atoms with Gasteiger partial charge in [-0.15, -0.1) is 0 Å². The van der Waals surface area contributed by atoms with E-state index in [1.54, 1.807) is 4.90 Å². The Morgan fingerprint density at radius 3 is 2.44 bits per heavy atom. The van der Waals surface area contributed by atoms with Gasteiger partial charge in [0.2, 0.25) is 0 Å². The maximum Gasteiger partial charge on any atom is 0.322 e. The molecule has 2 aromatic carbocycles. The van der Waals surface area contributed by atoms with Crippen molar-refractivity contribution in [3.05, 3.63) is 65.2 Å². The van der Waals surface area contributed by atoms with Crippen molar-refractivity contribution in [2.24, 2.45) is 0 Å². The van der Waals surface area contributed by atoms with Crippen LogP contribution in [0.1, 0.15) is 16.7 Å². The fraction of sp³-hybridized carbons (Fsp3) is 0.381. The number of piperazine rings is 1. The monoisotopic (exact) mass is 338 g/mol. The Labute approximate surface area is 150 Å². The molecule has 0 spiro atoms. The molecule has 2 N–H and O–H groups in total. The van der Waals surface area contributed by atoms with Crippen LogP contribution in [-0.4, -0.2) is 43.7 Å². The zero-order chi connectivity index (χ0) is 17.6. The van der Waals surface area contributed by atoms with Gasteiger partial charge in [-0.05, 0) is 42.7 Å². The van der Waals surface area contributed by atoms with Gasteiger partial charge in [-0.3, -0.25) is 0 Å². The first kappa shape index (κ1) is 17.5. The Morgan fingerprint density at radius 1 is 1.04 bits per heavy atom. The standard InChI is InChI=1S/C21H27N3O/c1-17-8-9-20(16-18(17)2)22-21(25)24-14-12-23(13-15-24)11-10-19-6-4-3-5-7-19/h3-9,16H,10-15H2,1-2H3,(H,22,25)/p+1. The Morgan fingerprint density at radius 2 is 1.76 bits per heavy atom. The molecule has 0 aromatic heterocycles. The quantitative estimate of drug-likeness (QED) is 0.882. The lowest BCUT2D eigenvalue weighted by atomic mass is 10.1. The summed E-state index contributed by atoms with van der Waals surface area (Å²) >= 11 is 0. The summed E-state index contributed by atoms with van der Waals surface area (Å²) in [6.45, 7) is 8.97. The molecule has 1 fully saturated rings. The number of aryl methyl sites for hydroxylation is 2. The van der Waals surface area contributed by atoms with Crippen LogP contribution in [0.25, 0.3) is 0 Å². The maximum absolute atomic E-state index is 12.5. The Kier molecular flexibility index (Phi) is 5.71. The number of nitrogens with zero attached hydrogens (tertiary/aromatic N) is 1. The summed E-state index contributed by atoms with van der Waals surface area (Å²) in [6, 6.07) is 16.7. The number of nitrogens with one attached hydrogen (secondary N) is 2. The van der Waals surface area contributed by atoms with Crippen molar-refractivity contribution >= 4 is 11.7 Å². The lowest BCUT2D eigenvalue weighted by Gasteiger charge is -2.32. The second-order valence-corrected chi connectivity index (χ2v) is 6.95. The second kappa shape index (κ2) is 8.17. The van der Waals surface area contributed by atoms with Gasteiger partial charge in [-0.1, -0.05) is 36.4 Å². The van der Waals surface area contributed by atoms with Gasteiger partial charge in [0.15, 0.2) is 0 Å². The lowest BCUT2D eigenvalue weighted by molar-refractivity contribution is -0.903. The molecule has 0 aliphatic carbocycles. The van der Waals surface area contributed by atoms with Crippen LogP contribution < -0.4 is 10.2 Å².